The molecule has 10 heteroatoms. The molecule has 9 nitrogen and oxygen atoms in total. The van der Waals surface area contributed by atoms with Gasteiger partial charge in [-0.25, -0.2) is 9.69 Å². The van der Waals surface area contributed by atoms with Crippen LogP contribution in [-0.4, -0.2) is 37.4 Å². The van der Waals surface area contributed by atoms with Gasteiger partial charge in [-0.1, -0.05) is 37.1 Å². The molecule has 1 heterocycles. The lowest BCUT2D eigenvalue weighted by atomic mass is 10.1. The number of benzene rings is 3. The standard InChI is InChI=1S/C29H26ClN3O6/c1-3-4-15-39-29(37)18-11-13-22(14-12-18)33-27(35)24(30)25(28(33)36)31-20-8-5-7-19(16-20)26(34)32-21-9-6-10-23(17-21)38-2/h5-14,16-17,31H,3-4,15H2,1-2H3,(H,32,34). The van der Waals surface area contributed by atoms with E-state index in [1.54, 1.807) is 42.5 Å². The topological polar surface area (TPSA) is 114 Å². The van der Waals surface area contributed by atoms with Crippen molar-refractivity contribution in [2.75, 3.05) is 29.3 Å². The summed E-state index contributed by atoms with van der Waals surface area (Å²) < 4.78 is 10.4. The van der Waals surface area contributed by atoms with Crippen molar-refractivity contribution in [3.05, 3.63) is 94.7 Å². The third-order valence-electron chi connectivity index (χ3n) is 5.84. The zero-order valence-corrected chi connectivity index (χ0v) is 22.1. The minimum atomic E-state index is -0.714. The number of esters is 1. The van der Waals surface area contributed by atoms with E-state index in [9.17, 15) is 19.2 Å². The molecule has 0 radical (unpaired) electrons. The Hall–Kier alpha value is -4.63. The van der Waals surface area contributed by atoms with Crippen LogP contribution < -0.4 is 20.3 Å². The number of imide groups is 1. The van der Waals surface area contributed by atoms with E-state index in [0.29, 0.717) is 34.9 Å². The third kappa shape index (κ3) is 6.27. The van der Waals surface area contributed by atoms with Crippen molar-refractivity contribution >= 4 is 52.4 Å². The summed E-state index contributed by atoms with van der Waals surface area (Å²) in [6.07, 6.45) is 1.66. The number of amides is 3. The molecule has 0 bridgehead atoms. The second-order valence-electron chi connectivity index (χ2n) is 8.56. The molecule has 200 valence electrons. The van der Waals surface area contributed by atoms with Crippen molar-refractivity contribution in [1.29, 1.82) is 0 Å². The van der Waals surface area contributed by atoms with E-state index in [-0.39, 0.29) is 22.3 Å². The first-order valence-corrected chi connectivity index (χ1v) is 12.6. The van der Waals surface area contributed by atoms with Gasteiger partial charge in [-0.2, -0.15) is 0 Å². The molecular formula is C29H26ClN3O6. The molecule has 0 fully saturated rings. The molecule has 0 aromatic heterocycles. The van der Waals surface area contributed by atoms with Crippen LogP contribution in [0.2, 0.25) is 0 Å². The van der Waals surface area contributed by atoms with Crippen LogP contribution in [0, 0.1) is 0 Å². The average molecular weight is 548 g/mol. The summed E-state index contributed by atoms with van der Waals surface area (Å²) in [7, 11) is 1.53. The molecule has 0 unspecified atom stereocenters. The van der Waals surface area contributed by atoms with Crippen LogP contribution in [-0.2, 0) is 14.3 Å². The highest BCUT2D eigenvalue weighted by Crippen LogP contribution is 2.30. The number of carbonyl (C=O) groups is 4. The van der Waals surface area contributed by atoms with Crippen LogP contribution in [0.25, 0.3) is 0 Å². The predicted octanol–water partition coefficient (Wildman–Crippen LogP) is 5.34. The van der Waals surface area contributed by atoms with Gasteiger partial charge < -0.3 is 20.1 Å². The summed E-state index contributed by atoms with van der Waals surface area (Å²) in [6, 6.07) is 19.3. The second-order valence-corrected chi connectivity index (χ2v) is 8.94. The maximum Gasteiger partial charge on any atom is 0.338 e. The fourth-order valence-electron chi connectivity index (χ4n) is 3.77. The molecule has 2 N–H and O–H groups in total. The van der Waals surface area contributed by atoms with Crippen LogP contribution in [0.1, 0.15) is 40.5 Å². The number of rotatable bonds is 10. The number of methoxy groups -OCH3 is 1. The number of hydrogen-bond acceptors (Lipinski definition) is 7. The van der Waals surface area contributed by atoms with Crippen molar-refractivity contribution in [3.63, 3.8) is 0 Å². The molecule has 3 amide bonds. The van der Waals surface area contributed by atoms with Crippen molar-refractivity contribution in [2.45, 2.75) is 19.8 Å². The molecule has 1 aliphatic rings. The van der Waals surface area contributed by atoms with Gasteiger partial charge in [-0.05, 0) is 61.0 Å². The van der Waals surface area contributed by atoms with Crippen LogP contribution >= 0.6 is 11.6 Å². The van der Waals surface area contributed by atoms with E-state index in [2.05, 4.69) is 10.6 Å². The Morgan fingerprint density at radius 1 is 0.897 bits per heavy atom. The molecule has 0 saturated heterocycles. The van der Waals surface area contributed by atoms with E-state index >= 15 is 0 Å². The quantitative estimate of drug-likeness (QED) is 0.200. The number of hydrogen-bond donors (Lipinski definition) is 2. The monoisotopic (exact) mass is 547 g/mol. The zero-order valence-electron chi connectivity index (χ0n) is 21.3. The number of nitrogens with zero attached hydrogens (tertiary/aromatic N) is 1. The van der Waals surface area contributed by atoms with Crippen molar-refractivity contribution in [3.8, 4) is 5.75 Å². The number of halogens is 1. The fourth-order valence-corrected chi connectivity index (χ4v) is 3.98. The minimum Gasteiger partial charge on any atom is -0.497 e. The van der Waals surface area contributed by atoms with Gasteiger partial charge in [0, 0.05) is 23.0 Å². The maximum absolute atomic E-state index is 13.2. The third-order valence-corrected chi connectivity index (χ3v) is 6.19. The van der Waals surface area contributed by atoms with E-state index in [1.165, 1.54) is 37.4 Å². The van der Waals surface area contributed by atoms with E-state index in [1.807, 2.05) is 6.92 Å². The van der Waals surface area contributed by atoms with Gasteiger partial charge in [0.05, 0.1) is 25.0 Å². The first-order valence-electron chi connectivity index (χ1n) is 12.2. The smallest absolute Gasteiger partial charge is 0.338 e. The van der Waals surface area contributed by atoms with Crippen LogP contribution in [0.5, 0.6) is 5.75 Å². The normalized spacial score (nSPS) is 12.9. The van der Waals surface area contributed by atoms with E-state index in [0.717, 1.165) is 17.7 Å². The van der Waals surface area contributed by atoms with Crippen LogP contribution in [0.15, 0.2) is 83.5 Å². The molecule has 3 aromatic carbocycles. The lowest BCUT2D eigenvalue weighted by molar-refractivity contribution is -0.120. The Labute approximate surface area is 230 Å². The molecular weight excluding hydrogens is 522 g/mol. The van der Waals surface area contributed by atoms with Gasteiger partial charge in [0.2, 0.25) is 0 Å². The van der Waals surface area contributed by atoms with Gasteiger partial charge in [0.15, 0.2) is 0 Å². The first-order chi connectivity index (χ1) is 18.8. The summed E-state index contributed by atoms with van der Waals surface area (Å²) in [5, 5.41) is 5.36. The average Bonchev–Trinajstić information content (AvgIpc) is 3.16. The number of nitrogens with one attached hydrogen (secondary N) is 2. The zero-order chi connectivity index (χ0) is 27.9. The van der Waals surface area contributed by atoms with Crippen LogP contribution in [0.4, 0.5) is 17.1 Å². The highest BCUT2D eigenvalue weighted by atomic mass is 35.5. The number of anilines is 3. The lowest BCUT2D eigenvalue weighted by Gasteiger charge is -2.15. The molecule has 39 heavy (non-hydrogen) atoms. The van der Waals surface area contributed by atoms with E-state index < -0.39 is 17.8 Å². The Morgan fingerprint density at radius 2 is 1.62 bits per heavy atom. The molecule has 0 saturated carbocycles. The number of ether oxygens (including phenoxy) is 2. The van der Waals surface area contributed by atoms with Crippen molar-refractivity contribution in [1.82, 2.24) is 0 Å². The van der Waals surface area contributed by atoms with Crippen molar-refractivity contribution in [2.24, 2.45) is 0 Å². The maximum atomic E-state index is 13.2. The largest absolute Gasteiger partial charge is 0.497 e. The molecule has 3 aromatic rings. The molecule has 0 aliphatic carbocycles. The minimum absolute atomic E-state index is 0.130. The van der Waals surface area contributed by atoms with E-state index in [4.69, 9.17) is 21.1 Å². The summed E-state index contributed by atoms with van der Waals surface area (Å²) in [4.78, 5) is 51.9. The summed E-state index contributed by atoms with van der Waals surface area (Å²) >= 11 is 6.25. The molecule has 0 spiro atoms. The molecule has 1 aliphatic heterocycles. The summed E-state index contributed by atoms with van der Waals surface area (Å²) in [6.45, 7) is 2.31. The highest BCUT2D eigenvalue weighted by Gasteiger charge is 2.39. The summed E-state index contributed by atoms with van der Waals surface area (Å²) in [5.74, 6) is -1.65. The highest BCUT2D eigenvalue weighted by molar-refractivity contribution is 6.53. The number of carbonyl (C=O) groups excluding carboxylic acids is 4. The fraction of sp³-hybridized carbons (Fsp3) is 0.172. The molecule has 4 rings (SSSR count). The lowest BCUT2D eigenvalue weighted by Crippen LogP contribution is -2.32. The summed E-state index contributed by atoms with van der Waals surface area (Å²) in [5.41, 5.74) is 1.67. The van der Waals surface area contributed by atoms with Gasteiger partial charge in [-0.15, -0.1) is 0 Å². The Kier molecular flexibility index (Phi) is 8.63. The van der Waals surface area contributed by atoms with Gasteiger partial charge >= 0.3 is 5.97 Å². The van der Waals surface area contributed by atoms with Crippen molar-refractivity contribution < 1.29 is 28.7 Å². The van der Waals surface area contributed by atoms with Gasteiger partial charge in [0.1, 0.15) is 16.5 Å². The van der Waals surface area contributed by atoms with Crippen LogP contribution in [0.3, 0.4) is 0 Å². The van der Waals surface area contributed by atoms with Gasteiger partial charge in [-0.3, -0.25) is 14.4 Å². The Balaban J connectivity index is 1.46. The Morgan fingerprint density at radius 3 is 2.33 bits per heavy atom. The molecule has 0 atom stereocenters. The second kappa shape index (κ2) is 12.3. The predicted molar refractivity (Wildman–Crippen MR) is 148 cm³/mol. The SMILES string of the molecule is CCCCOC(=O)c1ccc(N2C(=O)C(Cl)=C(Nc3cccc(C(=O)Nc4cccc(OC)c4)c3)C2=O)cc1. The first kappa shape index (κ1) is 27.4. The van der Waals surface area contributed by atoms with Gasteiger partial charge in [0.25, 0.3) is 17.7 Å². The number of unbranched alkanes of at least 4 members (excludes halogenated alkanes) is 1. The Bertz CT molecular complexity index is 1450.